The zero-order valence-corrected chi connectivity index (χ0v) is 16.1. The predicted molar refractivity (Wildman–Crippen MR) is 110 cm³/mol. The summed E-state index contributed by atoms with van der Waals surface area (Å²) < 4.78 is 10.4. The maximum absolute atomic E-state index is 12.6. The van der Waals surface area contributed by atoms with Crippen molar-refractivity contribution in [1.29, 1.82) is 0 Å². The number of pyridine rings is 1. The number of anilines is 1. The molecule has 2 aromatic carbocycles. The van der Waals surface area contributed by atoms with Crippen LogP contribution >= 0.6 is 11.3 Å². The van der Waals surface area contributed by atoms with Crippen molar-refractivity contribution < 1.29 is 14.3 Å². The monoisotopic (exact) mass is 391 g/mol. The summed E-state index contributed by atoms with van der Waals surface area (Å²) in [5.41, 5.74) is 3.00. The van der Waals surface area contributed by atoms with Crippen molar-refractivity contribution in [1.82, 2.24) is 9.97 Å². The van der Waals surface area contributed by atoms with E-state index in [-0.39, 0.29) is 5.91 Å². The number of thiazole rings is 1. The molecule has 140 valence electrons. The smallest absolute Gasteiger partial charge is 0.255 e. The summed E-state index contributed by atoms with van der Waals surface area (Å²) in [4.78, 5) is 22.4. The van der Waals surface area contributed by atoms with Gasteiger partial charge in [-0.2, -0.15) is 0 Å². The van der Waals surface area contributed by atoms with Gasteiger partial charge in [0, 0.05) is 29.1 Å². The molecule has 0 radical (unpaired) electrons. The van der Waals surface area contributed by atoms with E-state index in [2.05, 4.69) is 15.3 Å². The number of ether oxygens (including phenoxy) is 2. The van der Waals surface area contributed by atoms with E-state index in [1.165, 1.54) is 11.3 Å². The van der Waals surface area contributed by atoms with E-state index in [4.69, 9.17) is 9.47 Å². The van der Waals surface area contributed by atoms with Crippen molar-refractivity contribution in [2.75, 3.05) is 19.5 Å². The van der Waals surface area contributed by atoms with Crippen LogP contribution in [0.4, 0.5) is 5.69 Å². The highest BCUT2D eigenvalue weighted by atomic mass is 32.1. The van der Waals surface area contributed by atoms with Crippen molar-refractivity contribution >= 4 is 33.3 Å². The molecular weight excluding hydrogens is 374 g/mol. The minimum absolute atomic E-state index is 0.242. The summed E-state index contributed by atoms with van der Waals surface area (Å²) in [6.07, 6.45) is 1.76. The van der Waals surface area contributed by atoms with Crippen LogP contribution < -0.4 is 14.8 Å². The van der Waals surface area contributed by atoms with Crippen LogP contribution in [0.2, 0.25) is 0 Å². The van der Waals surface area contributed by atoms with Crippen LogP contribution in [0.5, 0.6) is 11.5 Å². The molecule has 2 aromatic heterocycles. The summed E-state index contributed by atoms with van der Waals surface area (Å²) in [7, 11) is 3.10. The Morgan fingerprint density at radius 2 is 1.71 bits per heavy atom. The van der Waals surface area contributed by atoms with Gasteiger partial charge in [0.2, 0.25) is 0 Å². The molecule has 1 N–H and O–H groups in total. The Kier molecular flexibility index (Phi) is 4.90. The number of carbonyl (C=O) groups excluding carboxylic acids is 1. The molecular formula is C21H17N3O3S. The molecule has 7 heteroatoms. The quantitative estimate of drug-likeness (QED) is 0.537. The van der Waals surface area contributed by atoms with Gasteiger partial charge in [-0.15, -0.1) is 0 Å². The molecule has 0 aliphatic rings. The van der Waals surface area contributed by atoms with E-state index in [0.717, 1.165) is 20.9 Å². The third-order valence-corrected chi connectivity index (χ3v) is 5.20. The largest absolute Gasteiger partial charge is 0.497 e. The van der Waals surface area contributed by atoms with Crippen molar-refractivity contribution in [2.45, 2.75) is 0 Å². The lowest BCUT2D eigenvalue weighted by Gasteiger charge is -2.09. The highest BCUT2D eigenvalue weighted by molar-refractivity contribution is 7.21. The number of nitrogens with one attached hydrogen (secondary N) is 1. The molecule has 4 rings (SSSR count). The Balaban J connectivity index is 1.53. The van der Waals surface area contributed by atoms with Crippen LogP contribution in [0.15, 0.2) is 60.8 Å². The van der Waals surface area contributed by atoms with Gasteiger partial charge in [0.05, 0.1) is 14.2 Å². The van der Waals surface area contributed by atoms with E-state index in [1.54, 1.807) is 38.6 Å². The Bertz CT molecular complexity index is 1080. The Morgan fingerprint density at radius 3 is 2.36 bits per heavy atom. The number of amides is 1. The Morgan fingerprint density at radius 1 is 1.00 bits per heavy atom. The van der Waals surface area contributed by atoms with Gasteiger partial charge in [-0.1, -0.05) is 11.3 Å². The van der Waals surface area contributed by atoms with E-state index in [0.29, 0.717) is 22.7 Å². The molecule has 0 saturated heterocycles. The molecule has 6 nitrogen and oxygen atoms in total. The SMILES string of the molecule is COc1cc(OC)cc(C(=O)Nc2ccc(-c3nc4cccnc4s3)cc2)c1. The molecule has 0 aliphatic heterocycles. The van der Waals surface area contributed by atoms with E-state index in [1.807, 2.05) is 36.4 Å². The number of carbonyl (C=O) groups is 1. The Labute approximate surface area is 165 Å². The normalized spacial score (nSPS) is 10.6. The molecule has 0 bridgehead atoms. The fraction of sp³-hybridized carbons (Fsp3) is 0.0952. The van der Waals surface area contributed by atoms with Crippen LogP contribution in [0.25, 0.3) is 20.9 Å². The topological polar surface area (TPSA) is 73.3 Å². The lowest BCUT2D eigenvalue weighted by molar-refractivity contribution is 0.102. The van der Waals surface area contributed by atoms with Crippen molar-refractivity contribution in [2.24, 2.45) is 0 Å². The molecule has 0 unspecified atom stereocenters. The molecule has 2 heterocycles. The summed E-state index contributed by atoms with van der Waals surface area (Å²) >= 11 is 1.54. The van der Waals surface area contributed by atoms with Crippen LogP contribution in [0, 0.1) is 0 Å². The predicted octanol–water partition coefficient (Wildman–Crippen LogP) is 4.63. The Hall–Kier alpha value is -3.45. The zero-order chi connectivity index (χ0) is 19.5. The number of aromatic nitrogens is 2. The summed E-state index contributed by atoms with van der Waals surface area (Å²) in [5.74, 6) is 0.878. The highest BCUT2D eigenvalue weighted by Gasteiger charge is 2.11. The number of rotatable bonds is 5. The van der Waals surface area contributed by atoms with Crippen LogP contribution in [0.3, 0.4) is 0 Å². The van der Waals surface area contributed by atoms with Gasteiger partial charge in [-0.3, -0.25) is 4.79 Å². The molecule has 0 atom stereocenters. The lowest BCUT2D eigenvalue weighted by atomic mass is 10.1. The number of hydrogen-bond acceptors (Lipinski definition) is 6. The molecule has 4 aromatic rings. The third-order valence-electron chi connectivity index (χ3n) is 4.17. The van der Waals surface area contributed by atoms with Crippen molar-refractivity contribution in [3.8, 4) is 22.1 Å². The maximum atomic E-state index is 12.6. The maximum Gasteiger partial charge on any atom is 0.255 e. The van der Waals surface area contributed by atoms with E-state index in [9.17, 15) is 4.79 Å². The standard InChI is InChI=1S/C21H17N3O3S/c1-26-16-10-14(11-17(12-16)27-2)19(25)23-15-7-5-13(6-8-15)20-24-18-4-3-9-22-21(18)28-20/h3-12H,1-2H3,(H,23,25). The first-order chi connectivity index (χ1) is 13.7. The minimum atomic E-state index is -0.242. The first-order valence-electron chi connectivity index (χ1n) is 8.52. The number of hydrogen-bond donors (Lipinski definition) is 1. The fourth-order valence-corrected chi connectivity index (χ4v) is 3.64. The van der Waals surface area contributed by atoms with Crippen molar-refractivity contribution in [3.63, 3.8) is 0 Å². The average molecular weight is 391 g/mol. The van der Waals surface area contributed by atoms with Gasteiger partial charge in [0.15, 0.2) is 0 Å². The van der Waals surface area contributed by atoms with Crippen LogP contribution in [-0.2, 0) is 0 Å². The zero-order valence-electron chi connectivity index (χ0n) is 15.3. The van der Waals surface area contributed by atoms with Gasteiger partial charge in [0.1, 0.15) is 26.9 Å². The van der Waals surface area contributed by atoms with Gasteiger partial charge in [-0.25, -0.2) is 9.97 Å². The highest BCUT2D eigenvalue weighted by Crippen LogP contribution is 2.29. The van der Waals surface area contributed by atoms with Crippen molar-refractivity contribution in [3.05, 3.63) is 66.4 Å². The van der Waals surface area contributed by atoms with E-state index < -0.39 is 0 Å². The fourth-order valence-electron chi connectivity index (χ4n) is 2.73. The minimum Gasteiger partial charge on any atom is -0.497 e. The van der Waals surface area contributed by atoms with Gasteiger partial charge in [0.25, 0.3) is 5.91 Å². The first-order valence-corrected chi connectivity index (χ1v) is 9.34. The van der Waals surface area contributed by atoms with Gasteiger partial charge in [-0.05, 0) is 48.5 Å². The number of nitrogens with zero attached hydrogens (tertiary/aromatic N) is 2. The second-order valence-electron chi connectivity index (χ2n) is 5.98. The third kappa shape index (κ3) is 3.65. The van der Waals surface area contributed by atoms with Crippen LogP contribution in [-0.4, -0.2) is 30.1 Å². The number of benzene rings is 2. The first kappa shape index (κ1) is 17.9. The number of methoxy groups -OCH3 is 2. The van der Waals surface area contributed by atoms with E-state index >= 15 is 0 Å². The van der Waals surface area contributed by atoms with Gasteiger partial charge >= 0.3 is 0 Å². The summed E-state index contributed by atoms with van der Waals surface area (Å²) in [5, 5.41) is 3.78. The molecule has 1 amide bonds. The second-order valence-corrected chi connectivity index (χ2v) is 6.96. The second kappa shape index (κ2) is 7.66. The molecule has 0 fully saturated rings. The summed E-state index contributed by atoms with van der Waals surface area (Å²) in [6, 6.07) is 16.4. The average Bonchev–Trinajstić information content (AvgIpc) is 3.18. The summed E-state index contributed by atoms with van der Waals surface area (Å²) in [6.45, 7) is 0. The van der Waals surface area contributed by atoms with Gasteiger partial charge < -0.3 is 14.8 Å². The molecule has 0 spiro atoms. The molecule has 0 aliphatic carbocycles. The lowest BCUT2D eigenvalue weighted by Crippen LogP contribution is -2.12. The van der Waals surface area contributed by atoms with Crippen LogP contribution in [0.1, 0.15) is 10.4 Å². The molecule has 0 saturated carbocycles. The number of fused-ring (bicyclic) bond motifs is 1. The molecule has 28 heavy (non-hydrogen) atoms.